The molecule has 0 aromatic rings. The Bertz CT molecular complexity index is 60.7. The van der Waals surface area contributed by atoms with Crippen molar-refractivity contribution in [2.75, 3.05) is 0 Å². The summed E-state index contributed by atoms with van der Waals surface area (Å²) in [7, 11) is 0. The van der Waals surface area contributed by atoms with E-state index in [9.17, 15) is 4.79 Å². The van der Waals surface area contributed by atoms with Gasteiger partial charge in [-0.15, -0.1) is 0 Å². The summed E-state index contributed by atoms with van der Waals surface area (Å²) < 4.78 is 0. The second-order valence-electron chi connectivity index (χ2n) is 1.49. The maximum absolute atomic E-state index is 9.70. The van der Waals surface area contributed by atoms with Crippen LogP contribution < -0.4 is 0 Å². The Kier molecular flexibility index (Phi) is 7.43. The molecule has 7 heavy (non-hydrogen) atoms. The first-order valence-electron chi connectivity index (χ1n) is 1.87. The fourth-order valence-electron chi connectivity index (χ4n) is 0. The van der Waals surface area contributed by atoms with E-state index < -0.39 is 5.97 Å². The molecule has 0 fully saturated rings. The molecule has 2 nitrogen and oxygen atoms in total. The predicted molar refractivity (Wildman–Crippen MR) is 31.0 cm³/mol. The van der Waals surface area contributed by atoms with Gasteiger partial charge in [-0.1, -0.05) is 13.8 Å². The SMILES string of the molecule is CC(C)C(=O)O.[CaH2]. The molecule has 1 N–H and O–H groups in total. The summed E-state index contributed by atoms with van der Waals surface area (Å²) in [5, 5.41) is 7.99. The van der Waals surface area contributed by atoms with Gasteiger partial charge in [-0.2, -0.15) is 0 Å². The van der Waals surface area contributed by atoms with E-state index in [0.717, 1.165) is 0 Å². The van der Waals surface area contributed by atoms with Gasteiger partial charge >= 0.3 is 43.7 Å². The Morgan fingerprint density at radius 2 is 1.71 bits per heavy atom. The normalized spacial score (nSPS) is 7.86. The second-order valence-corrected chi connectivity index (χ2v) is 1.49. The van der Waals surface area contributed by atoms with E-state index >= 15 is 0 Å². The number of hydrogen-bond acceptors (Lipinski definition) is 1. The molecular weight excluding hydrogens is 120 g/mol. The molecule has 0 unspecified atom stereocenters. The Morgan fingerprint density at radius 3 is 1.71 bits per heavy atom. The van der Waals surface area contributed by atoms with Crippen LogP contribution in [0.5, 0.6) is 0 Å². The van der Waals surface area contributed by atoms with E-state index in [2.05, 4.69) is 0 Å². The monoisotopic (exact) mass is 130 g/mol. The average molecular weight is 130 g/mol. The van der Waals surface area contributed by atoms with Crippen molar-refractivity contribution in [3.05, 3.63) is 0 Å². The average Bonchev–Trinajstić information content (AvgIpc) is 1.36. The Morgan fingerprint density at radius 1 is 1.57 bits per heavy atom. The van der Waals surface area contributed by atoms with Gasteiger partial charge in [0.1, 0.15) is 0 Å². The molecule has 0 atom stereocenters. The standard InChI is InChI=1S/C4H8O2.Ca.2H/c1-3(2)4(5)6;;;/h3H,1-2H3,(H,5,6);;;. The van der Waals surface area contributed by atoms with Crippen LogP contribution in [-0.2, 0) is 4.79 Å². The fourth-order valence-corrected chi connectivity index (χ4v) is 0. The van der Waals surface area contributed by atoms with Crippen LogP contribution in [0.4, 0.5) is 0 Å². The first-order chi connectivity index (χ1) is 2.64. The van der Waals surface area contributed by atoms with Gasteiger partial charge in [-0.25, -0.2) is 0 Å². The molecular formula is C4H10CaO2. The van der Waals surface area contributed by atoms with Crippen molar-refractivity contribution >= 4 is 43.7 Å². The third-order valence-corrected chi connectivity index (χ3v) is 0.494. The molecule has 0 saturated heterocycles. The topological polar surface area (TPSA) is 37.3 Å². The van der Waals surface area contributed by atoms with Crippen molar-refractivity contribution < 1.29 is 9.90 Å². The zero-order chi connectivity index (χ0) is 5.15. The molecule has 0 radical (unpaired) electrons. The minimum atomic E-state index is -0.741. The van der Waals surface area contributed by atoms with E-state index in [1.165, 1.54) is 0 Å². The van der Waals surface area contributed by atoms with E-state index in [-0.39, 0.29) is 43.7 Å². The molecule has 3 heteroatoms. The van der Waals surface area contributed by atoms with Crippen LogP contribution in [0.1, 0.15) is 13.8 Å². The Balaban J connectivity index is 0. The Hall–Kier alpha value is 0.730. The third kappa shape index (κ3) is 6.73. The Labute approximate surface area is 72.9 Å². The van der Waals surface area contributed by atoms with Crippen LogP contribution in [0.2, 0.25) is 0 Å². The van der Waals surface area contributed by atoms with E-state index in [0.29, 0.717) is 0 Å². The van der Waals surface area contributed by atoms with Crippen molar-refractivity contribution in [3.63, 3.8) is 0 Å². The van der Waals surface area contributed by atoms with Gasteiger partial charge in [-0.3, -0.25) is 4.79 Å². The van der Waals surface area contributed by atoms with E-state index in [4.69, 9.17) is 5.11 Å². The van der Waals surface area contributed by atoms with Gasteiger partial charge in [0.2, 0.25) is 0 Å². The molecule has 0 aliphatic heterocycles. The summed E-state index contributed by atoms with van der Waals surface area (Å²) in [6.07, 6.45) is 0. The summed E-state index contributed by atoms with van der Waals surface area (Å²) in [5.41, 5.74) is 0. The zero-order valence-electron chi connectivity index (χ0n) is 3.93. The molecule has 0 aliphatic carbocycles. The van der Waals surface area contributed by atoms with Gasteiger partial charge in [-0.05, 0) is 0 Å². The van der Waals surface area contributed by atoms with Crippen LogP contribution in [0.3, 0.4) is 0 Å². The van der Waals surface area contributed by atoms with Gasteiger partial charge in [0.05, 0.1) is 5.92 Å². The quantitative estimate of drug-likeness (QED) is 0.500. The molecule has 0 aromatic carbocycles. The van der Waals surface area contributed by atoms with Crippen molar-refractivity contribution in [1.29, 1.82) is 0 Å². The molecule has 40 valence electrons. The van der Waals surface area contributed by atoms with Crippen LogP contribution in [0.15, 0.2) is 0 Å². The predicted octanol–water partition coefficient (Wildman–Crippen LogP) is -0.189. The number of carbonyl (C=O) groups is 1. The summed E-state index contributed by atoms with van der Waals surface area (Å²) in [5.74, 6) is -0.972. The van der Waals surface area contributed by atoms with Crippen molar-refractivity contribution in [1.82, 2.24) is 0 Å². The van der Waals surface area contributed by atoms with Crippen LogP contribution in [-0.4, -0.2) is 48.8 Å². The van der Waals surface area contributed by atoms with Gasteiger partial charge in [0.25, 0.3) is 0 Å². The van der Waals surface area contributed by atoms with Crippen molar-refractivity contribution in [2.24, 2.45) is 5.92 Å². The molecule has 0 aliphatic rings. The van der Waals surface area contributed by atoms with Gasteiger partial charge in [0.15, 0.2) is 0 Å². The zero-order valence-corrected chi connectivity index (χ0v) is 3.93. The van der Waals surface area contributed by atoms with Gasteiger partial charge < -0.3 is 5.11 Å². The number of carboxylic acids is 1. The summed E-state index contributed by atoms with van der Waals surface area (Å²) in [6.45, 7) is 3.28. The number of carboxylic acid groups (broad SMARTS) is 1. The van der Waals surface area contributed by atoms with Crippen LogP contribution in [0, 0.1) is 5.92 Å². The summed E-state index contributed by atoms with van der Waals surface area (Å²) >= 11 is 0. The molecule has 0 saturated carbocycles. The first kappa shape index (κ1) is 10.7. The van der Waals surface area contributed by atoms with Gasteiger partial charge in [0, 0.05) is 0 Å². The second kappa shape index (κ2) is 4.88. The van der Waals surface area contributed by atoms with Crippen LogP contribution in [0.25, 0.3) is 0 Å². The molecule has 0 heterocycles. The molecule has 0 bridgehead atoms. The van der Waals surface area contributed by atoms with E-state index in [1.807, 2.05) is 0 Å². The van der Waals surface area contributed by atoms with Crippen LogP contribution >= 0.6 is 0 Å². The fraction of sp³-hybridized carbons (Fsp3) is 0.750. The molecule has 0 aromatic heterocycles. The van der Waals surface area contributed by atoms with Crippen molar-refractivity contribution in [3.8, 4) is 0 Å². The maximum atomic E-state index is 9.70. The number of rotatable bonds is 1. The third-order valence-electron chi connectivity index (χ3n) is 0.494. The van der Waals surface area contributed by atoms with E-state index in [1.54, 1.807) is 13.8 Å². The summed E-state index contributed by atoms with van der Waals surface area (Å²) in [4.78, 5) is 9.70. The summed E-state index contributed by atoms with van der Waals surface area (Å²) in [6, 6.07) is 0. The minimum absolute atomic E-state index is 0. The molecule has 0 spiro atoms. The number of hydrogen-bond donors (Lipinski definition) is 1. The number of aliphatic carboxylic acids is 1. The molecule has 0 rings (SSSR count). The first-order valence-corrected chi connectivity index (χ1v) is 1.87. The van der Waals surface area contributed by atoms with Crippen molar-refractivity contribution in [2.45, 2.75) is 13.8 Å². The molecule has 0 amide bonds.